The van der Waals surface area contributed by atoms with Crippen LogP contribution in [0.3, 0.4) is 0 Å². The van der Waals surface area contributed by atoms with Crippen LogP contribution >= 0.6 is 22.7 Å². The molecule has 0 bridgehead atoms. The number of rotatable bonds is 8. The highest BCUT2D eigenvalue weighted by molar-refractivity contribution is 7.17. The Kier molecular flexibility index (Phi) is 10.9. The predicted octanol–water partition coefficient (Wildman–Crippen LogP) is 7.99. The number of esters is 2. The number of benzene rings is 1. The van der Waals surface area contributed by atoms with Gasteiger partial charge in [0.15, 0.2) is 0 Å². The van der Waals surface area contributed by atoms with Crippen molar-refractivity contribution in [3.63, 3.8) is 0 Å². The topological polar surface area (TPSA) is 111 Å². The second kappa shape index (κ2) is 15.0. The van der Waals surface area contributed by atoms with Crippen LogP contribution < -0.4 is 10.6 Å². The van der Waals surface area contributed by atoms with Gasteiger partial charge in [-0.15, -0.1) is 22.7 Å². The second-order valence-electron chi connectivity index (χ2n) is 11.2. The maximum absolute atomic E-state index is 13.5. The molecule has 0 unspecified atom stereocenters. The van der Waals surface area contributed by atoms with E-state index < -0.39 is 23.8 Å². The monoisotopic (exact) mass is 636 g/mol. The summed E-state index contributed by atoms with van der Waals surface area (Å²) in [5, 5.41) is 6.88. The lowest BCUT2D eigenvalue weighted by atomic mass is 9.96. The van der Waals surface area contributed by atoms with Crippen molar-refractivity contribution in [2.24, 2.45) is 0 Å². The zero-order valence-electron chi connectivity index (χ0n) is 25.5. The van der Waals surface area contributed by atoms with Gasteiger partial charge in [-0.1, -0.05) is 31.7 Å². The van der Waals surface area contributed by atoms with Gasteiger partial charge in [-0.2, -0.15) is 0 Å². The number of anilines is 2. The number of carbonyl (C=O) groups excluding carboxylic acids is 4. The lowest BCUT2D eigenvalue weighted by Crippen LogP contribution is -2.18. The standard InChI is InChI=1S/C34H40N2O6S2/c1-3-41-33(39)27-23-16-9-5-7-11-18-25(23)43-31(27)35-29(37)21-14-13-15-22(20-21)30(38)36-32-28(34(40)42-4-2)24-17-10-6-8-12-19-26(24)44-32/h13-15,20H,3-12,16-19H2,1-2H3,(H,35,37)(H,36,38). The molecule has 8 nitrogen and oxygen atoms in total. The van der Waals surface area contributed by atoms with Gasteiger partial charge in [0, 0.05) is 20.9 Å². The highest BCUT2D eigenvalue weighted by Crippen LogP contribution is 2.39. The summed E-state index contributed by atoms with van der Waals surface area (Å²) in [4.78, 5) is 55.3. The van der Waals surface area contributed by atoms with Gasteiger partial charge >= 0.3 is 11.9 Å². The van der Waals surface area contributed by atoms with E-state index in [-0.39, 0.29) is 24.3 Å². The van der Waals surface area contributed by atoms with Crippen LogP contribution in [-0.4, -0.2) is 37.0 Å². The van der Waals surface area contributed by atoms with Gasteiger partial charge in [-0.3, -0.25) is 9.59 Å². The summed E-state index contributed by atoms with van der Waals surface area (Å²) >= 11 is 2.89. The fourth-order valence-electron chi connectivity index (χ4n) is 6.01. The second-order valence-corrected chi connectivity index (χ2v) is 13.4. The summed E-state index contributed by atoms with van der Waals surface area (Å²) in [7, 11) is 0. The molecule has 0 atom stereocenters. The minimum Gasteiger partial charge on any atom is -0.462 e. The minimum atomic E-state index is -0.420. The summed E-state index contributed by atoms with van der Waals surface area (Å²) in [6, 6.07) is 6.47. The molecule has 0 radical (unpaired) electrons. The molecule has 2 N–H and O–H groups in total. The zero-order chi connectivity index (χ0) is 31.1. The minimum absolute atomic E-state index is 0.249. The van der Waals surface area contributed by atoms with E-state index in [1.54, 1.807) is 32.0 Å². The van der Waals surface area contributed by atoms with E-state index in [4.69, 9.17) is 9.47 Å². The molecular formula is C34H40N2O6S2. The Morgan fingerprint density at radius 3 is 1.45 bits per heavy atom. The van der Waals surface area contributed by atoms with Crippen LogP contribution in [0.5, 0.6) is 0 Å². The summed E-state index contributed by atoms with van der Waals surface area (Å²) in [6.07, 6.45) is 11.9. The highest BCUT2D eigenvalue weighted by Gasteiger charge is 2.28. The van der Waals surface area contributed by atoms with Crippen molar-refractivity contribution in [3.8, 4) is 0 Å². The molecule has 2 amide bonds. The third-order valence-electron chi connectivity index (χ3n) is 8.14. The summed E-state index contributed by atoms with van der Waals surface area (Å²) in [5.41, 5.74) is 3.46. The summed E-state index contributed by atoms with van der Waals surface area (Å²) < 4.78 is 10.8. The number of ether oxygens (including phenoxy) is 2. The first-order chi connectivity index (χ1) is 21.4. The number of thiophene rings is 2. The third-order valence-corrected chi connectivity index (χ3v) is 10.6. The van der Waals surface area contributed by atoms with E-state index >= 15 is 0 Å². The largest absolute Gasteiger partial charge is 0.462 e. The third kappa shape index (κ3) is 7.24. The van der Waals surface area contributed by atoms with E-state index in [1.807, 2.05) is 0 Å². The highest BCUT2D eigenvalue weighted by atomic mass is 32.1. The first-order valence-electron chi connectivity index (χ1n) is 15.8. The smallest absolute Gasteiger partial charge is 0.341 e. The van der Waals surface area contributed by atoms with E-state index in [0.29, 0.717) is 21.1 Å². The SMILES string of the molecule is CCOC(=O)c1c(NC(=O)c2cccc(C(=O)Nc3sc4c(c3C(=O)OCC)CCCCCC4)c2)sc2c1CCCCCC2. The molecule has 44 heavy (non-hydrogen) atoms. The molecule has 0 saturated heterocycles. The number of amides is 2. The number of nitrogens with one attached hydrogen (secondary N) is 2. The molecule has 10 heteroatoms. The molecule has 0 spiro atoms. The van der Waals surface area contributed by atoms with Crippen LogP contribution in [0.4, 0.5) is 10.0 Å². The molecule has 3 aromatic rings. The van der Waals surface area contributed by atoms with Crippen LogP contribution in [-0.2, 0) is 35.2 Å². The Bertz CT molecular complexity index is 1430. The van der Waals surface area contributed by atoms with E-state index in [1.165, 1.54) is 28.7 Å². The Morgan fingerprint density at radius 2 is 1.05 bits per heavy atom. The van der Waals surface area contributed by atoms with Crippen LogP contribution in [0.1, 0.15) is 128 Å². The van der Waals surface area contributed by atoms with Crippen molar-refractivity contribution in [3.05, 3.63) is 67.4 Å². The number of hydrogen-bond acceptors (Lipinski definition) is 8. The number of carbonyl (C=O) groups is 4. The molecule has 2 aliphatic carbocycles. The fraction of sp³-hybridized carbons (Fsp3) is 0.471. The van der Waals surface area contributed by atoms with Crippen LogP contribution in [0, 0.1) is 0 Å². The van der Waals surface area contributed by atoms with Crippen molar-refractivity contribution >= 4 is 56.4 Å². The Morgan fingerprint density at radius 1 is 0.636 bits per heavy atom. The van der Waals surface area contributed by atoms with E-state index in [9.17, 15) is 19.2 Å². The van der Waals surface area contributed by atoms with Gasteiger partial charge in [0.25, 0.3) is 11.8 Å². The predicted molar refractivity (Wildman–Crippen MR) is 175 cm³/mol. The molecule has 2 aromatic heterocycles. The maximum Gasteiger partial charge on any atom is 0.341 e. The van der Waals surface area contributed by atoms with Crippen molar-refractivity contribution in [2.75, 3.05) is 23.8 Å². The number of hydrogen-bond donors (Lipinski definition) is 2. The summed E-state index contributed by atoms with van der Waals surface area (Å²) in [6.45, 7) is 4.04. The molecule has 0 aliphatic heterocycles. The Hall–Kier alpha value is -3.50. The lowest BCUT2D eigenvalue weighted by Gasteiger charge is -2.12. The van der Waals surface area contributed by atoms with Crippen LogP contribution in [0.15, 0.2) is 24.3 Å². The van der Waals surface area contributed by atoms with Gasteiger partial charge in [0.1, 0.15) is 10.0 Å². The van der Waals surface area contributed by atoms with Gasteiger partial charge in [-0.05, 0) is 94.5 Å². The van der Waals surface area contributed by atoms with Crippen LogP contribution in [0.25, 0.3) is 0 Å². The van der Waals surface area contributed by atoms with Gasteiger partial charge < -0.3 is 20.1 Å². The first-order valence-corrected chi connectivity index (χ1v) is 17.4. The normalized spacial score (nSPS) is 15.0. The van der Waals surface area contributed by atoms with Gasteiger partial charge in [0.2, 0.25) is 0 Å². The molecule has 234 valence electrons. The summed E-state index contributed by atoms with van der Waals surface area (Å²) in [5.74, 6) is -1.66. The van der Waals surface area contributed by atoms with Crippen molar-refractivity contribution < 1.29 is 28.7 Å². The van der Waals surface area contributed by atoms with E-state index in [0.717, 1.165) is 97.9 Å². The van der Waals surface area contributed by atoms with Crippen molar-refractivity contribution in [2.45, 2.75) is 90.9 Å². The molecule has 5 rings (SSSR count). The van der Waals surface area contributed by atoms with E-state index in [2.05, 4.69) is 10.6 Å². The average Bonchev–Trinajstić information content (AvgIpc) is 3.49. The zero-order valence-corrected chi connectivity index (χ0v) is 27.1. The fourth-order valence-corrected chi connectivity index (χ4v) is 8.55. The maximum atomic E-state index is 13.5. The molecule has 0 saturated carbocycles. The van der Waals surface area contributed by atoms with Gasteiger partial charge in [0.05, 0.1) is 24.3 Å². The van der Waals surface area contributed by atoms with Crippen molar-refractivity contribution in [1.29, 1.82) is 0 Å². The molecular weight excluding hydrogens is 597 g/mol. The number of aryl methyl sites for hydroxylation is 2. The number of fused-ring (bicyclic) bond motifs is 2. The van der Waals surface area contributed by atoms with Crippen molar-refractivity contribution in [1.82, 2.24) is 0 Å². The first kappa shape index (κ1) is 31.9. The average molecular weight is 637 g/mol. The van der Waals surface area contributed by atoms with Gasteiger partial charge in [-0.25, -0.2) is 9.59 Å². The Labute approximate surface area is 266 Å². The quantitative estimate of drug-likeness (QED) is 0.243. The molecule has 0 fully saturated rings. The molecule has 1 aromatic carbocycles. The lowest BCUT2D eigenvalue weighted by molar-refractivity contribution is 0.0517. The molecule has 2 aliphatic rings. The van der Waals surface area contributed by atoms with Crippen LogP contribution in [0.2, 0.25) is 0 Å². The molecule has 2 heterocycles. The Balaban J connectivity index is 1.39.